The van der Waals surface area contributed by atoms with Crippen molar-refractivity contribution in [1.29, 1.82) is 0 Å². The minimum atomic E-state index is -0.161. The third-order valence-corrected chi connectivity index (χ3v) is 2.64. The summed E-state index contributed by atoms with van der Waals surface area (Å²) in [6.07, 6.45) is 1.35. The molecule has 1 rings (SSSR count). The average molecular weight is 263 g/mol. The van der Waals surface area contributed by atoms with E-state index in [0.717, 1.165) is 18.7 Å². The Kier molecular flexibility index (Phi) is 6.43. The van der Waals surface area contributed by atoms with E-state index in [9.17, 15) is 9.59 Å². The molecule has 2 amide bonds. The average Bonchev–Trinajstić information content (AvgIpc) is 2.45. The fraction of sp³-hybridized carbons (Fsp3) is 0.429. The van der Waals surface area contributed by atoms with Crippen LogP contribution in [0.4, 0.5) is 5.69 Å². The molecule has 0 saturated carbocycles. The summed E-state index contributed by atoms with van der Waals surface area (Å²) in [5.41, 5.74) is 1.60. The van der Waals surface area contributed by atoms with Crippen LogP contribution >= 0.6 is 0 Å². The van der Waals surface area contributed by atoms with E-state index in [1.165, 1.54) is 0 Å². The summed E-state index contributed by atoms with van der Waals surface area (Å²) in [6, 6.07) is 7.30. The van der Waals surface area contributed by atoms with Crippen molar-refractivity contribution in [1.82, 2.24) is 10.6 Å². The number of anilines is 1. The van der Waals surface area contributed by atoms with E-state index in [1.54, 1.807) is 19.2 Å². The van der Waals surface area contributed by atoms with Crippen LogP contribution < -0.4 is 16.0 Å². The first-order chi connectivity index (χ1) is 9.17. The Morgan fingerprint density at radius 2 is 1.79 bits per heavy atom. The highest BCUT2D eigenvalue weighted by atomic mass is 16.2. The van der Waals surface area contributed by atoms with Gasteiger partial charge in [-0.15, -0.1) is 0 Å². The molecule has 0 heterocycles. The Morgan fingerprint density at radius 1 is 1.11 bits per heavy atom. The number of benzene rings is 1. The molecule has 3 N–H and O–H groups in total. The van der Waals surface area contributed by atoms with Crippen molar-refractivity contribution in [2.45, 2.75) is 19.8 Å². The zero-order valence-corrected chi connectivity index (χ0v) is 11.5. The number of hydrogen-bond donors (Lipinski definition) is 3. The maximum atomic E-state index is 11.8. The lowest BCUT2D eigenvalue weighted by Gasteiger charge is -2.07. The second-order valence-electron chi connectivity index (χ2n) is 4.18. The van der Waals surface area contributed by atoms with Gasteiger partial charge in [0.25, 0.3) is 5.91 Å². The van der Waals surface area contributed by atoms with Crippen LogP contribution in [0, 0.1) is 0 Å². The van der Waals surface area contributed by atoms with Gasteiger partial charge in [0.2, 0.25) is 5.91 Å². The SMILES string of the molecule is CCCNc1ccc(C(=O)NCCC(=O)NC)cc1. The maximum absolute atomic E-state index is 11.8. The molecule has 104 valence electrons. The molecule has 1 aromatic rings. The standard InChI is InChI=1S/C14H21N3O2/c1-3-9-16-12-6-4-11(5-7-12)14(19)17-10-8-13(18)15-2/h4-7,16H,3,8-10H2,1-2H3,(H,15,18)(H,17,19). The van der Waals surface area contributed by atoms with Crippen LogP contribution in [-0.4, -0.2) is 32.0 Å². The largest absolute Gasteiger partial charge is 0.385 e. The Bertz CT molecular complexity index is 415. The smallest absolute Gasteiger partial charge is 0.251 e. The number of amides is 2. The molecule has 0 aliphatic rings. The zero-order valence-electron chi connectivity index (χ0n) is 11.5. The Balaban J connectivity index is 2.42. The molecule has 0 bridgehead atoms. The molecular weight excluding hydrogens is 242 g/mol. The van der Waals surface area contributed by atoms with E-state index in [2.05, 4.69) is 22.9 Å². The van der Waals surface area contributed by atoms with Gasteiger partial charge in [-0.05, 0) is 30.7 Å². The summed E-state index contributed by atoms with van der Waals surface area (Å²) in [5.74, 6) is -0.245. The number of hydrogen-bond acceptors (Lipinski definition) is 3. The molecule has 0 atom stereocenters. The van der Waals surface area contributed by atoms with E-state index in [-0.39, 0.29) is 11.8 Å². The van der Waals surface area contributed by atoms with E-state index in [0.29, 0.717) is 18.5 Å². The van der Waals surface area contributed by atoms with E-state index in [1.807, 2.05) is 12.1 Å². The Morgan fingerprint density at radius 3 is 2.37 bits per heavy atom. The predicted molar refractivity (Wildman–Crippen MR) is 76.2 cm³/mol. The van der Waals surface area contributed by atoms with Crippen LogP contribution in [0.5, 0.6) is 0 Å². The van der Waals surface area contributed by atoms with Crippen molar-refractivity contribution in [2.24, 2.45) is 0 Å². The van der Waals surface area contributed by atoms with Crippen molar-refractivity contribution >= 4 is 17.5 Å². The van der Waals surface area contributed by atoms with Crippen LogP contribution in [0.3, 0.4) is 0 Å². The molecule has 0 aliphatic carbocycles. The highest BCUT2D eigenvalue weighted by molar-refractivity contribution is 5.94. The Labute approximate surface area is 113 Å². The van der Waals surface area contributed by atoms with Crippen molar-refractivity contribution in [3.63, 3.8) is 0 Å². The first kappa shape index (κ1) is 15.0. The molecule has 1 aromatic carbocycles. The van der Waals surface area contributed by atoms with Crippen LogP contribution in [-0.2, 0) is 4.79 Å². The maximum Gasteiger partial charge on any atom is 0.251 e. The number of nitrogens with one attached hydrogen (secondary N) is 3. The molecule has 0 aromatic heterocycles. The molecular formula is C14H21N3O2. The third kappa shape index (κ3) is 5.42. The molecule has 5 nitrogen and oxygen atoms in total. The molecule has 0 radical (unpaired) electrons. The van der Waals surface area contributed by atoms with E-state index in [4.69, 9.17) is 0 Å². The highest BCUT2D eigenvalue weighted by Gasteiger charge is 2.05. The normalized spacial score (nSPS) is 9.79. The first-order valence-corrected chi connectivity index (χ1v) is 6.50. The molecule has 5 heteroatoms. The lowest BCUT2D eigenvalue weighted by molar-refractivity contribution is -0.120. The van der Waals surface area contributed by atoms with Gasteiger partial charge in [0, 0.05) is 37.8 Å². The molecule has 0 unspecified atom stereocenters. The number of carbonyl (C=O) groups excluding carboxylic acids is 2. The van der Waals surface area contributed by atoms with Crippen molar-refractivity contribution in [3.05, 3.63) is 29.8 Å². The summed E-state index contributed by atoms with van der Waals surface area (Å²) in [4.78, 5) is 22.8. The lowest BCUT2D eigenvalue weighted by atomic mass is 10.2. The number of carbonyl (C=O) groups is 2. The fourth-order valence-corrected chi connectivity index (χ4v) is 1.53. The van der Waals surface area contributed by atoms with Crippen molar-refractivity contribution < 1.29 is 9.59 Å². The van der Waals surface area contributed by atoms with Gasteiger partial charge in [0.15, 0.2) is 0 Å². The van der Waals surface area contributed by atoms with Crippen LogP contribution in [0.1, 0.15) is 30.1 Å². The van der Waals surface area contributed by atoms with Gasteiger partial charge in [-0.2, -0.15) is 0 Å². The first-order valence-electron chi connectivity index (χ1n) is 6.50. The van der Waals surface area contributed by atoms with Gasteiger partial charge in [-0.1, -0.05) is 6.92 Å². The van der Waals surface area contributed by atoms with Gasteiger partial charge in [-0.3, -0.25) is 9.59 Å². The quantitative estimate of drug-likeness (QED) is 0.696. The molecule has 0 spiro atoms. The second-order valence-corrected chi connectivity index (χ2v) is 4.18. The second kappa shape index (κ2) is 8.13. The van der Waals surface area contributed by atoms with Gasteiger partial charge >= 0.3 is 0 Å². The van der Waals surface area contributed by atoms with E-state index >= 15 is 0 Å². The van der Waals surface area contributed by atoms with Gasteiger partial charge in [0.05, 0.1) is 0 Å². The zero-order chi connectivity index (χ0) is 14.1. The summed E-state index contributed by atoms with van der Waals surface area (Å²) >= 11 is 0. The topological polar surface area (TPSA) is 70.2 Å². The van der Waals surface area contributed by atoms with Crippen LogP contribution in [0.2, 0.25) is 0 Å². The third-order valence-electron chi connectivity index (χ3n) is 2.64. The van der Waals surface area contributed by atoms with E-state index < -0.39 is 0 Å². The summed E-state index contributed by atoms with van der Waals surface area (Å²) in [6.45, 7) is 3.35. The summed E-state index contributed by atoms with van der Waals surface area (Å²) in [7, 11) is 1.58. The summed E-state index contributed by atoms with van der Waals surface area (Å²) < 4.78 is 0. The molecule has 19 heavy (non-hydrogen) atoms. The predicted octanol–water partition coefficient (Wildman–Crippen LogP) is 1.37. The molecule has 0 saturated heterocycles. The van der Waals surface area contributed by atoms with Crippen molar-refractivity contribution in [3.8, 4) is 0 Å². The summed E-state index contributed by atoms with van der Waals surface area (Å²) in [5, 5.41) is 8.46. The van der Waals surface area contributed by atoms with Crippen LogP contribution in [0.25, 0.3) is 0 Å². The fourth-order valence-electron chi connectivity index (χ4n) is 1.53. The number of rotatable bonds is 7. The van der Waals surface area contributed by atoms with Gasteiger partial charge in [-0.25, -0.2) is 0 Å². The highest BCUT2D eigenvalue weighted by Crippen LogP contribution is 2.09. The van der Waals surface area contributed by atoms with Gasteiger partial charge in [0.1, 0.15) is 0 Å². The van der Waals surface area contributed by atoms with Gasteiger partial charge < -0.3 is 16.0 Å². The van der Waals surface area contributed by atoms with Crippen LogP contribution in [0.15, 0.2) is 24.3 Å². The minimum absolute atomic E-state index is 0.0839. The Hall–Kier alpha value is -2.04. The minimum Gasteiger partial charge on any atom is -0.385 e. The molecule has 0 aliphatic heterocycles. The lowest BCUT2D eigenvalue weighted by Crippen LogP contribution is -2.29. The van der Waals surface area contributed by atoms with Crippen molar-refractivity contribution in [2.75, 3.05) is 25.5 Å². The molecule has 0 fully saturated rings. The monoisotopic (exact) mass is 263 g/mol.